The Hall–Kier alpha value is -2.36. The van der Waals surface area contributed by atoms with Crippen LogP contribution in [0.5, 0.6) is 5.75 Å². The van der Waals surface area contributed by atoms with E-state index in [1.165, 1.54) is 0 Å². The van der Waals surface area contributed by atoms with Crippen LogP contribution in [-0.4, -0.2) is 56.0 Å². The summed E-state index contributed by atoms with van der Waals surface area (Å²) in [5.74, 6) is 1.38. The van der Waals surface area contributed by atoms with Crippen LogP contribution in [0.1, 0.15) is 16.8 Å². The number of aromatic nitrogens is 1. The number of nitrogens with zero attached hydrogens (tertiary/aromatic N) is 3. The highest BCUT2D eigenvalue weighted by molar-refractivity contribution is 14.0. The number of nitrogens with one attached hydrogen (secondary N) is 2. The van der Waals surface area contributed by atoms with Crippen molar-refractivity contribution in [2.45, 2.75) is 19.9 Å². The highest BCUT2D eigenvalue weighted by Gasteiger charge is 2.10. The smallest absolute Gasteiger partial charge is 0.241 e. The van der Waals surface area contributed by atoms with E-state index in [1.54, 1.807) is 32.3 Å². The van der Waals surface area contributed by atoms with Crippen LogP contribution >= 0.6 is 24.0 Å². The van der Waals surface area contributed by atoms with E-state index in [1.807, 2.05) is 43.3 Å². The van der Waals surface area contributed by atoms with Crippen LogP contribution in [0.3, 0.4) is 0 Å². The minimum absolute atomic E-state index is 0. The maximum absolute atomic E-state index is 12.3. The molecule has 8 heteroatoms. The Morgan fingerprint density at radius 1 is 1.24 bits per heavy atom. The molecule has 0 aliphatic heterocycles. The Labute approximate surface area is 190 Å². The molecule has 1 aromatic heterocycles. The number of hydrogen-bond acceptors (Lipinski definition) is 4. The molecule has 2 N–H and O–H groups in total. The molecule has 0 saturated heterocycles. The van der Waals surface area contributed by atoms with Crippen LogP contribution in [0.15, 0.2) is 47.6 Å². The van der Waals surface area contributed by atoms with Gasteiger partial charge in [-0.25, -0.2) is 0 Å². The standard InChI is InChI=1S/C21H29N5O2.HI/c1-16-8-9-17(19(13-16)28-4)14-24-21(22-2)25-15-20(27)26(3)12-10-18-7-5-6-11-23-18;/h5-9,11,13H,10,12,14-15H2,1-4H3,(H2,22,24,25);1H. The summed E-state index contributed by atoms with van der Waals surface area (Å²) in [6.07, 6.45) is 2.49. The summed E-state index contributed by atoms with van der Waals surface area (Å²) >= 11 is 0. The van der Waals surface area contributed by atoms with E-state index >= 15 is 0 Å². The number of guanidine groups is 1. The first kappa shape index (κ1) is 24.7. The van der Waals surface area contributed by atoms with Gasteiger partial charge < -0.3 is 20.3 Å². The van der Waals surface area contributed by atoms with Crippen LogP contribution in [0, 0.1) is 6.92 Å². The molecule has 0 bridgehead atoms. The molecule has 0 unspecified atom stereocenters. The maximum Gasteiger partial charge on any atom is 0.241 e. The summed E-state index contributed by atoms with van der Waals surface area (Å²) in [5.41, 5.74) is 3.14. The number of amides is 1. The van der Waals surface area contributed by atoms with E-state index in [4.69, 9.17) is 4.74 Å². The average molecular weight is 511 g/mol. The first-order chi connectivity index (χ1) is 13.5. The maximum atomic E-state index is 12.3. The predicted octanol–water partition coefficient (Wildman–Crippen LogP) is 2.38. The number of hydrogen-bond donors (Lipinski definition) is 2. The van der Waals surface area contributed by atoms with Crippen LogP contribution in [0.2, 0.25) is 0 Å². The SMILES string of the molecule is CN=C(NCC(=O)N(C)CCc1ccccn1)NCc1ccc(C)cc1OC.I. The predicted molar refractivity (Wildman–Crippen MR) is 127 cm³/mol. The van der Waals surface area contributed by atoms with Crippen molar-refractivity contribution in [3.8, 4) is 5.75 Å². The van der Waals surface area contributed by atoms with E-state index in [9.17, 15) is 4.79 Å². The van der Waals surface area contributed by atoms with Crippen molar-refractivity contribution >= 4 is 35.8 Å². The van der Waals surface area contributed by atoms with Gasteiger partial charge in [0.25, 0.3) is 0 Å². The summed E-state index contributed by atoms with van der Waals surface area (Å²) in [5, 5.41) is 6.27. The second-order valence-electron chi connectivity index (χ2n) is 6.48. The molecular weight excluding hydrogens is 481 g/mol. The Morgan fingerprint density at radius 2 is 2.03 bits per heavy atom. The van der Waals surface area contributed by atoms with Crippen molar-refractivity contribution in [3.63, 3.8) is 0 Å². The highest BCUT2D eigenvalue weighted by atomic mass is 127. The van der Waals surface area contributed by atoms with Crippen molar-refractivity contribution in [1.29, 1.82) is 0 Å². The normalized spacial score (nSPS) is 10.7. The van der Waals surface area contributed by atoms with Crippen LogP contribution in [0.25, 0.3) is 0 Å². The van der Waals surface area contributed by atoms with Gasteiger partial charge in [-0.2, -0.15) is 0 Å². The lowest BCUT2D eigenvalue weighted by Crippen LogP contribution is -2.43. The zero-order valence-corrected chi connectivity index (χ0v) is 19.8. The molecule has 0 spiro atoms. The average Bonchev–Trinajstić information content (AvgIpc) is 2.73. The summed E-state index contributed by atoms with van der Waals surface area (Å²) in [4.78, 5) is 22.5. The van der Waals surface area contributed by atoms with Gasteiger partial charge in [0.05, 0.1) is 13.7 Å². The molecule has 7 nitrogen and oxygen atoms in total. The molecule has 29 heavy (non-hydrogen) atoms. The minimum Gasteiger partial charge on any atom is -0.496 e. The Bertz CT molecular complexity index is 799. The zero-order valence-electron chi connectivity index (χ0n) is 17.4. The molecule has 2 rings (SSSR count). The fourth-order valence-electron chi connectivity index (χ4n) is 2.64. The van der Waals surface area contributed by atoms with Gasteiger partial charge in [0.15, 0.2) is 5.96 Å². The lowest BCUT2D eigenvalue weighted by atomic mass is 10.1. The highest BCUT2D eigenvalue weighted by Crippen LogP contribution is 2.19. The largest absolute Gasteiger partial charge is 0.496 e. The van der Waals surface area contributed by atoms with Gasteiger partial charge in [0.1, 0.15) is 5.75 Å². The summed E-state index contributed by atoms with van der Waals surface area (Å²) in [6, 6.07) is 11.8. The lowest BCUT2D eigenvalue weighted by molar-refractivity contribution is -0.128. The summed E-state index contributed by atoms with van der Waals surface area (Å²) < 4.78 is 5.42. The van der Waals surface area contributed by atoms with Crippen molar-refractivity contribution in [2.75, 3.05) is 34.3 Å². The van der Waals surface area contributed by atoms with Gasteiger partial charge >= 0.3 is 0 Å². The van der Waals surface area contributed by atoms with Crippen molar-refractivity contribution in [1.82, 2.24) is 20.5 Å². The number of rotatable bonds is 8. The van der Waals surface area contributed by atoms with Crippen LogP contribution < -0.4 is 15.4 Å². The van der Waals surface area contributed by atoms with Gasteiger partial charge in [0, 0.05) is 51.1 Å². The number of ether oxygens (including phenoxy) is 1. The Balaban J connectivity index is 0.00000420. The third-order valence-corrected chi connectivity index (χ3v) is 4.37. The Kier molecular flexibility index (Phi) is 11.0. The second kappa shape index (κ2) is 13.0. The molecule has 1 aromatic carbocycles. The lowest BCUT2D eigenvalue weighted by Gasteiger charge is -2.19. The molecule has 1 heterocycles. The number of aliphatic imine (C=N–C) groups is 1. The molecule has 0 aliphatic rings. The number of carbonyl (C=O) groups excluding carboxylic acids is 1. The fraction of sp³-hybridized carbons (Fsp3) is 0.381. The first-order valence-electron chi connectivity index (χ1n) is 9.25. The summed E-state index contributed by atoms with van der Waals surface area (Å²) in [6.45, 7) is 3.36. The molecule has 0 atom stereocenters. The van der Waals surface area contributed by atoms with E-state index in [0.29, 0.717) is 19.0 Å². The monoisotopic (exact) mass is 511 g/mol. The first-order valence-corrected chi connectivity index (χ1v) is 9.25. The number of likely N-dealkylation sites (N-methyl/N-ethyl adjacent to an activating group) is 1. The topological polar surface area (TPSA) is 78.9 Å². The fourth-order valence-corrected chi connectivity index (χ4v) is 2.64. The minimum atomic E-state index is -0.00759. The number of methoxy groups -OCH3 is 1. The van der Waals surface area contributed by atoms with Crippen molar-refractivity contribution < 1.29 is 9.53 Å². The second-order valence-corrected chi connectivity index (χ2v) is 6.48. The number of carbonyl (C=O) groups is 1. The molecule has 0 saturated carbocycles. The quantitative estimate of drug-likeness (QED) is 0.324. The van der Waals surface area contributed by atoms with Crippen molar-refractivity contribution in [2.24, 2.45) is 4.99 Å². The van der Waals surface area contributed by atoms with Gasteiger partial charge in [-0.1, -0.05) is 18.2 Å². The van der Waals surface area contributed by atoms with E-state index in [0.717, 1.165) is 29.0 Å². The number of benzene rings is 1. The van der Waals surface area contributed by atoms with Gasteiger partial charge in [-0.05, 0) is 30.7 Å². The van der Waals surface area contributed by atoms with Gasteiger partial charge in [-0.15, -0.1) is 24.0 Å². The zero-order chi connectivity index (χ0) is 20.4. The van der Waals surface area contributed by atoms with Crippen LogP contribution in [0.4, 0.5) is 0 Å². The third kappa shape index (κ3) is 8.26. The Morgan fingerprint density at radius 3 is 2.69 bits per heavy atom. The van der Waals surface area contributed by atoms with Gasteiger partial charge in [-0.3, -0.25) is 14.8 Å². The molecule has 0 radical (unpaired) electrons. The van der Waals surface area contributed by atoms with E-state index in [2.05, 4.69) is 20.6 Å². The number of pyridine rings is 1. The molecule has 1 amide bonds. The molecular formula is C21H30IN5O2. The molecule has 158 valence electrons. The van der Waals surface area contributed by atoms with Gasteiger partial charge in [0.2, 0.25) is 5.91 Å². The molecule has 0 aliphatic carbocycles. The number of halogens is 1. The molecule has 2 aromatic rings. The summed E-state index contributed by atoms with van der Waals surface area (Å²) in [7, 11) is 5.13. The van der Waals surface area contributed by atoms with Crippen molar-refractivity contribution in [3.05, 3.63) is 59.4 Å². The third-order valence-electron chi connectivity index (χ3n) is 4.37. The van der Waals surface area contributed by atoms with E-state index < -0.39 is 0 Å². The number of aryl methyl sites for hydroxylation is 1. The molecule has 0 fully saturated rings. The van der Waals surface area contributed by atoms with E-state index in [-0.39, 0.29) is 36.4 Å². The van der Waals surface area contributed by atoms with Crippen LogP contribution in [-0.2, 0) is 17.8 Å².